The molecule has 0 spiro atoms. The van der Waals surface area contributed by atoms with E-state index in [1.165, 1.54) is 0 Å². The highest BCUT2D eigenvalue weighted by Gasteiger charge is 2.32. The van der Waals surface area contributed by atoms with Gasteiger partial charge < -0.3 is 0 Å². The van der Waals surface area contributed by atoms with Crippen LogP contribution in [0, 0.1) is 11.3 Å². The van der Waals surface area contributed by atoms with Gasteiger partial charge in [-0.05, 0) is 18.6 Å². The van der Waals surface area contributed by atoms with Crippen LogP contribution in [0.5, 0.6) is 0 Å². The maximum atomic E-state index is 12.2. The summed E-state index contributed by atoms with van der Waals surface area (Å²) in [6.45, 7) is 1.66. The summed E-state index contributed by atoms with van der Waals surface area (Å²) in [6, 6.07) is 3.76. The maximum Gasteiger partial charge on any atom is 0.433 e. The predicted octanol–water partition coefficient (Wildman–Crippen LogP) is 2.53. The Bertz CT molecular complexity index is 377. The topological polar surface area (TPSA) is 36.7 Å². The van der Waals surface area contributed by atoms with Gasteiger partial charge in [-0.3, -0.25) is 0 Å². The maximum absolute atomic E-state index is 12.2. The molecule has 14 heavy (non-hydrogen) atoms. The second-order valence-electron chi connectivity index (χ2n) is 2.65. The minimum atomic E-state index is -4.45. The standard InChI is InChI=1S/C9H7F3N2/c1-2-7-6(5-13)3-4-8(14-7)9(10,11)12/h3-4H,2H2,1H3. The molecule has 0 amide bonds. The van der Waals surface area contributed by atoms with Gasteiger partial charge in [-0.15, -0.1) is 0 Å². The summed E-state index contributed by atoms with van der Waals surface area (Å²) >= 11 is 0. The quantitative estimate of drug-likeness (QED) is 0.698. The van der Waals surface area contributed by atoms with Crippen molar-refractivity contribution in [2.24, 2.45) is 0 Å². The van der Waals surface area contributed by atoms with Crippen LogP contribution < -0.4 is 0 Å². The third-order valence-corrected chi connectivity index (χ3v) is 1.72. The summed E-state index contributed by atoms with van der Waals surface area (Å²) in [4.78, 5) is 3.39. The minimum Gasteiger partial charge on any atom is -0.247 e. The molecule has 1 heterocycles. The molecule has 0 saturated carbocycles. The van der Waals surface area contributed by atoms with Crippen molar-refractivity contribution in [1.29, 1.82) is 5.26 Å². The molecular weight excluding hydrogens is 193 g/mol. The zero-order valence-electron chi connectivity index (χ0n) is 7.39. The van der Waals surface area contributed by atoms with E-state index in [9.17, 15) is 13.2 Å². The second kappa shape index (κ2) is 3.66. The average molecular weight is 200 g/mol. The SMILES string of the molecule is CCc1nc(C(F)(F)F)ccc1C#N. The first-order valence-corrected chi connectivity index (χ1v) is 3.96. The fraction of sp³-hybridized carbons (Fsp3) is 0.333. The van der Waals surface area contributed by atoms with Gasteiger partial charge in [0, 0.05) is 0 Å². The van der Waals surface area contributed by atoms with Gasteiger partial charge in [0.1, 0.15) is 11.8 Å². The van der Waals surface area contributed by atoms with Crippen LogP contribution in [0.2, 0.25) is 0 Å². The summed E-state index contributed by atoms with van der Waals surface area (Å²) in [7, 11) is 0. The Labute approximate surface area is 79.0 Å². The lowest BCUT2D eigenvalue weighted by Crippen LogP contribution is -2.10. The normalized spacial score (nSPS) is 11.1. The van der Waals surface area contributed by atoms with Gasteiger partial charge >= 0.3 is 6.18 Å². The van der Waals surface area contributed by atoms with Gasteiger partial charge in [0.2, 0.25) is 0 Å². The number of nitrogens with zero attached hydrogens (tertiary/aromatic N) is 2. The minimum absolute atomic E-state index is 0.183. The van der Waals surface area contributed by atoms with Gasteiger partial charge in [0.15, 0.2) is 0 Å². The lowest BCUT2D eigenvalue weighted by Gasteiger charge is -2.07. The van der Waals surface area contributed by atoms with Crippen molar-refractivity contribution in [2.45, 2.75) is 19.5 Å². The molecule has 1 rings (SSSR count). The van der Waals surface area contributed by atoms with Gasteiger partial charge in [-0.1, -0.05) is 6.92 Å². The molecule has 0 aromatic carbocycles. The molecule has 2 nitrogen and oxygen atoms in total. The summed E-state index contributed by atoms with van der Waals surface area (Å²) in [5.41, 5.74) is -0.573. The van der Waals surface area contributed by atoms with Crippen LogP contribution in [0.25, 0.3) is 0 Å². The Morgan fingerprint density at radius 3 is 2.50 bits per heavy atom. The number of aromatic nitrogens is 1. The van der Waals surface area contributed by atoms with Gasteiger partial charge in [-0.2, -0.15) is 18.4 Å². The number of halogens is 3. The average Bonchev–Trinajstić information content (AvgIpc) is 2.15. The number of pyridine rings is 1. The molecule has 5 heteroatoms. The number of alkyl halides is 3. The van der Waals surface area contributed by atoms with Crippen molar-refractivity contribution in [1.82, 2.24) is 4.98 Å². The first-order valence-electron chi connectivity index (χ1n) is 3.96. The zero-order valence-corrected chi connectivity index (χ0v) is 7.39. The smallest absolute Gasteiger partial charge is 0.247 e. The number of aryl methyl sites for hydroxylation is 1. The summed E-state index contributed by atoms with van der Waals surface area (Å²) < 4.78 is 36.6. The molecule has 0 aliphatic carbocycles. The molecule has 0 bridgehead atoms. The van der Waals surface area contributed by atoms with Crippen molar-refractivity contribution < 1.29 is 13.2 Å². The van der Waals surface area contributed by atoms with Crippen molar-refractivity contribution in [2.75, 3.05) is 0 Å². The van der Waals surface area contributed by atoms with E-state index in [0.717, 1.165) is 12.1 Å². The highest BCUT2D eigenvalue weighted by Crippen LogP contribution is 2.28. The Hall–Kier alpha value is -1.57. The first kappa shape index (κ1) is 10.5. The van der Waals surface area contributed by atoms with E-state index in [2.05, 4.69) is 4.98 Å². The molecule has 1 aromatic rings. The van der Waals surface area contributed by atoms with Crippen molar-refractivity contribution in [3.63, 3.8) is 0 Å². The molecule has 1 aromatic heterocycles. The van der Waals surface area contributed by atoms with Crippen LogP contribution in [0.1, 0.15) is 23.9 Å². The number of rotatable bonds is 1. The largest absolute Gasteiger partial charge is 0.433 e. The molecule has 0 saturated heterocycles. The zero-order chi connectivity index (χ0) is 10.8. The molecule has 0 atom stereocenters. The second-order valence-corrected chi connectivity index (χ2v) is 2.65. The Kier molecular flexibility index (Phi) is 2.75. The first-order chi connectivity index (χ1) is 6.49. The molecule has 74 valence electrons. The molecule has 0 unspecified atom stereocenters. The van der Waals surface area contributed by atoms with Crippen LogP contribution in [0.3, 0.4) is 0 Å². The van der Waals surface area contributed by atoms with E-state index in [4.69, 9.17) is 5.26 Å². The van der Waals surface area contributed by atoms with Crippen LogP contribution in [-0.2, 0) is 12.6 Å². The highest BCUT2D eigenvalue weighted by molar-refractivity contribution is 5.34. The molecule has 0 aliphatic heterocycles. The Morgan fingerprint density at radius 1 is 1.43 bits per heavy atom. The van der Waals surface area contributed by atoms with E-state index in [0.29, 0.717) is 6.42 Å². The predicted molar refractivity (Wildman–Crippen MR) is 43.3 cm³/mol. The molecule has 0 fully saturated rings. The summed E-state index contributed by atoms with van der Waals surface area (Å²) in [5, 5.41) is 8.57. The molecule has 0 aliphatic rings. The van der Waals surface area contributed by atoms with Crippen molar-refractivity contribution >= 4 is 0 Å². The van der Waals surface area contributed by atoms with Crippen LogP contribution >= 0.6 is 0 Å². The number of hydrogen-bond acceptors (Lipinski definition) is 2. The fourth-order valence-electron chi connectivity index (χ4n) is 1.03. The summed E-state index contributed by atoms with van der Waals surface area (Å²) in [5.74, 6) is 0. The van der Waals surface area contributed by atoms with E-state index >= 15 is 0 Å². The van der Waals surface area contributed by atoms with Crippen LogP contribution in [-0.4, -0.2) is 4.98 Å². The molecular formula is C9H7F3N2. The van der Waals surface area contributed by atoms with E-state index in [-0.39, 0.29) is 11.3 Å². The van der Waals surface area contributed by atoms with Crippen LogP contribution in [0.4, 0.5) is 13.2 Å². The Morgan fingerprint density at radius 2 is 2.07 bits per heavy atom. The van der Waals surface area contributed by atoms with E-state index < -0.39 is 11.9 Å². The third kappa shape index (κ3) is 2.02. The van der Waals surface area contributed by atoms with Crippen molar-refractivity contribution in [3.05, 3.63) is 29.1 Å². The summed E-state index contributed by atoms with van der Waals surface area (Å²) in [6.07, 6.45) is -4.13. The van der Waals surface area contributed by atoms with Crippen LogP contribution in [0.15, 0.2) is 12.1 Å². The Balaban J connectivity index is 3.23. The van der Waals surface area contributed by atoms with Crippen molar-refractivity contribution in [3.8, 4) is 6.07 Å². The van der Waals surface area contributed by atoms with E-state index in [1.54, 1.807) is 13.0 Å². The fourth-order valence-corrected chi connectivity index (χ4v) is 1.03. The number of nitriles is 1. The third-order valence-electron chi connectivity index (χ3n) is 1.72. The molecule has 0 N–H and O–H groups in total. The lowest BCUT2D eigenvalue weighted by molar-refractivity contribution is -0.141. The monoisotopic (exact) mass is 200 g/mol. The van der Waals surface area contributed by atoms with Gasteiger partial charge in [0.05, 0.1) is 11.3 Å². The number of hydrogen-bond donors (Lipinski definition) is 0. The highest BCUT2D eigenvalue weighted by atomic mass is 19.4. The van der Waals surface area contributed by atoms with Gasteiger partial charge in [-0.25, -0.2) is 4.98 Å². The van der Waals surface area contributed by atoms with Gasteiger partial charge in [0.25, 0.3) is 0 Å². The lowest BCUT2D eigenvalue weighted by atomic mass is 10.1. The van der Waals surface area contributed by atoms with E-state index in [1.807, 2.05) is 0 Å². The molecule has 0 radical (unpaired) electrons.